The van der Waals surface area contributed by atoms with E-state index in [-0.39, 0.29) is 0 Å². The van der Waals surface area contributed by atoms with Crippen LogP contribution >= 0.6 is 0 Å². The molecule has 0 radical (unpaired) electrons. The van der Waals surface area contributed by atoms with E-state index in [1.165, 1.54) is 6.07 Å². The van der Waals surface area contributed by atoms with Crippen molar-refractivity contribution in [2.45, 2.75) is 19.3 Å². The minimum absolute atomic E-state index is 0.361. The summed E-state index contributed by atoms with van der Waals surface area (Å²) < 4.78 is 37.4. The first-order valence-electron chi connectivity index (χ1n) is 9.04. The van der Waals surface area contributed by atoms with Crippen LogP contribution in [0.1, 0.15) is 30.7 Å². The van der Waals surface area contributed by atoms with Gasteiger partial charge in [-0.05, 0) is 67.3 Å². The maximum atomic E-state index is 13.6. The van der Waals surface area contributed by atoms with Crippen LogP contribution in [0.3, 0.4) is 0 Å². The Labute approximate surface area is 161 Å². The van der Waals surface area contributed by atoms with Crippen LogP contribution in [0.25, 0.3) is 23.0 Å². The van der Waals surface area contributed by atoms with Gasteiger partial charge in [-0.2, -0.15) is 4.98 Å². The predicted octanol–water partition coefficient (Wildman–Crippen LogP) is 3.98. The summed E-state index contributed by atoms with van der Waals surface area (Å²) in [5.74, 6) is -0.226. The van der Waals surface area contributed by atoms with Gasteiger partial charge in [-0.25, -0.2) is 8.78 Å². The fourth-order valence-electron chi connectivity index (χ4n) is 2.75. The monoisotopic (exact) mass is 386 g/mol. The van der Waals surface area contributed by atoms with Gasteiger partial charge in [-0.3, -0.25) is 0 Å². The van der Waals surface area contributed by atoms with E-state index in [2.05, 4.69) is 15.9 Å². The number of quaternary nitrogens is 1. The average molecular weight is 386 g/mol. The van der Waals surface area contributed by atoms with Crippen LogP contribution in [0.15, 0.2) is 47.0 Å². The number of aromatic nitrogens is 2. The molecule has 1 aromatic heterocycles. The van der Waals surface area contributed by atoms with E-state index in [1.807, 2.05) is 24.3 Å². The summed E-state index contributed by atoms with van der Waals surface area (Å²) in [5, 5.41) is 4.05. The third-order valence-electron chi connectivity index (χ3n) is 4.28. The fraction of sp³-hybridized carbons (Fsp3) is 0.238. The van der Waals surface area contributed by atoms with Crippen molar-refractivity contribution in [2.24, 2.45) is 0 Å². The molecule has 0 aliphatic heterocycles. The summed E-state index contributed by atoms with van der Waals surface area (Å²) >= 11 is 0. The molecule has 0 unspecified atom stereocenters. The third-order valence-corrected chi connectivity index (χ3v) is 4.28. The molecule has 5 nitrogen and oxygen atoms in total. The van der Waals surface area contributed by atoms with E-state index in [0.717, 1.165) is 48.4 Å². The number of unbranched alkanes of at least 4 members (excludes halogenated alkanes) is 1. The highest BCUT2D eigenvalue weighted by Crippen LogP contribution is 2.26. The van der Waals surface area contributed by atoms with Gasteiger partial charge in [0.1, 0.15) is 5.75 Å². The Morgan fingerprint density at radius 1 is 1.11 bits per heavy atom. The number of ether oxygens (including phenoxy) is 1. The molecular formula is C21H22F2N3O2+. The van der Waals surface area contributed by atoms with Gasteiger partial charge in [0.25, 0.3) is 5.89 Å². The van der Waals surface area contributed by atoms with E-state index >= 15 is 0 Å². The number of halogens is 2. The average Bonchev–Trinajstić information content (AvgIpc) is 3.20. The first kappa shape index (κ1) is 19.7. The molecule has 0 spiro atoms. The van der Waals surface area contributed by atoms with E-state index in [4.69, 9.17) is 9.26 Å². The van der Waals surface area contributed by atoms with Crippen molar-refractivity contribution in [3.8, 4) is 17.1 Å². The van der Waals surface area contributed by atoms with Gasteiger partial charge in [0.15, 0.2) is 11.6 Å². The molecule has 1 heterocycles. The Morgan fingerprint density at radius 3 is 2.57 bits per heavy atom. The van der Waals surface area contributed by atoms with Gasteiger partial charge in [-0.1, -0.05) is 11.2 Å². The maximum absolute atomic E-state index is 13.6. The Hall–Kier alpha value is -3.06. The van der Waals surface area contributed by atoms with Crippen LogP contribution in [-0.4, -0.2) is 23.8 Å². The normalized spacial score (nSPS) is 11.6. The largest absolute Gasteiger partial charge is 0.497 e. The van der Waals surface area contributed by atoms with Crippen LogP contribution in [0.2, 0.25) is 0 Å². The third kappa shape index (κ3) is 4.80. The number of benzene rings is 2. The minimum Gasteiger partial charge on any atom is -0.497 e. The zero-order chi connectivity index (χ0) is 19.9. The van der Waals surface area contributed by atoms with Crippen molar-refractivity contribution in [2.75, 3.05) is 13.7 Å². The molecule has 146 valence electrons. The molecule has 0 aliphatic rings. The standard InChI is InChI=1S/C21H21F2N3O2/c1-27-17-8-6-15(7-9-17)20-25-21(28-26-20)16(4-2-3-11-24)12-14-5-10-18(22)19(23)13-14/h5-10,12-13H,2-4,11,24H2,1H3/p+1/b16-12+. The first-order valence-corrected chi connectivity index (χ1v) is 9.04. The number of hydrogen-bond donors (Lipinski definition) is 1. The second-order valence-corrected chi connectivity index (χ2v) is 6.31. The van der Waals surface area contributed by atoms with Gasteiger partial charge in [0, 0.05) is 11.1 Å². The number of hydrogen-bond acceptors (Lipinski definition) is 4. The fourth-order valence-corrected chi connectivity index (χ4v) is 2.75. The zero-order valence-corrected chi connectivity index (χ0v) is 15.6. The summed E-state index contributed by atoms with van der Waals surface area (Å²) in [4.78, 5) is 4.48. The minimum atomic E-state index is -0.893. The van der Waals surface area contributed by atoms with Crippen LogP contribution < -0.4 is 10.5 Å². The van der Waals surface area contributed by atoms with Crippen molar-refractivity contribution in [3.63, 3.8) is 0 Å². The molecule has 3 aromatic rings. The molecule has 0 aliphatic carbocycles. The van der Waals surface area contributed by atoms with Gasteiger partial charge >= 0.3 is 0 Å². The lowest BCUT2D eigenvalue weighted by molar-refractivity contribution is -0.368. The lowest BCUT2D eigenvalue weighted by Crippen LogP contribution is -2.50. The summed E-state index contributed by atoms with van der Waals surface area (Å²) in [6.45, 7) is 0.819. The molecule has 0 saturated carbocycles. The van der Waals surface area contributed by atoms with Gasteiger partial charge in [0.05, 0.1) is 13.7 Å². The van der Waals surface area contributed by atoms with E-state index in [9.17, 15) is 8.78 Å². The zero-order valence-electron chi connectivity index (χ0n) is 15.6. The summed E-state index contributed by atoms with van der Waals surface area (Å²) in [7, 11) is 1.60. The quantitative estimate of drug-likeness (QED) is 0.594. The molecule has 0 bridgehead atoms. The smallest absolute Gasteiger partial charge is 0.254 e. The van der Waals surface area contributed by atoms with E-state index < -0.39 is 11.6 Å². The molecule has 2 aromatic carbocycles. The highest BCUT2D eigenvalue weighted by atomic mass is 19.2. The van der Waals surface area contributed by atoms with Crippen molar-refractivity contribution in [3.05, 3.63) is 65.6 Å². The molecular weight excluding hydrogens is 364 g/mol. The molecule has 0 amide bonds. The number of rotatable bonds is 8. The van der Waals surface area contributed by atoms with Gasteiger partial charge < -0.3 is 15.0 Å². The Kier molecular flexibility index (Phi) is 6.49. The van der Waals surface area contributed by atoms with Gasteiger partial charge in [-0.15, -0.1) is 0 Å². The van der Waals surface area contributed by atoms with Gasteiger partial charge in [0.2, 0.25) is 5.82 Å². The summed E-state index contributed by atoms with van der Waals surface area (Å²) in [5.41, 5.74) is 5.94. The number of nitrogens with zero attached hydrogens (tertiary/aromatic N) is 2. The first-order chi connectivity index (χ1) is 13.6. The molecule has 7 heteroatoms. The lowest BCUT2D eigenvalue weighted by atomic mass is 10.0. The van der Waals surface area contributed by atoms with E-state index in [1.54, 1.807) is 13.2 Å². The topological polar surface area (TPSA) is 75.8 Å². The van der Waals surface area contributed by atoms with Crippen LogP contribution in [-0.2, 0) is 0 Å². The highest BCUT2D eigenvalue weighted by Gasteiger charge is 2.14. The van der Waals surface area contributed by atoms with Crippen LogP contribution in [0.4, 0.5) is 8.78 Å². The predicted molar refractivity (Wildman–Crippen MR) is 102 cm³/mol. The molecule has 28 heavy (non-hydrogen) atoms. The van der Waals surface area contributed by atoms with Crippen LogP contribution in [0.5, 0.6) is 5.75 Å². The second kappa shape index (κ2) is 9.23. The number of methoxy groups -OCH3 is 1. The summed E-state index contributed by atoms with van der Waals surface area (Å²) in [6, 6.07) is 11.1. The van der Waals surface area contributed by atoms with Crippen molar-refractivity contribution in [1.29, 1.82) is 0 Å². The molecule has 0 atom stereocenters. The molecule has 3 rings (SSSR count). The maximum Gasteiger partial charge on any atom is 0.254 e. The van der Waals surface area contributed by atoms with Crippen LogP contribution in [0, 0.1) is 11.6 Å². The molecule has 3 N–H and O–H groups in total. The van der Waals surface area contributed by atoms with Crippen molar-refractivity contribution < 1.29 is 23.8 Å². The lowest BCUT2D eigenvalue weighted by Gasteiger charge is -2.03. The SMILES string of the molecule is COc1ccc(-c2noc(/C(=C/c3ccc(F)c(F)c3)CCCC[NH3+])n2)cc1. The Morgan fingerprint density at radius 2 is 1.89 bits per heavy atom. The van der Waals surface area contributed by atoms with Crippen molar-refractivity contribution >= 4 is 11.6 Å². The molecule has 0 saturated heterocycles. The summed E-state index contributed by atoms with van der Waals surface area (Å²) in [6.07, 6.45) is 4.23. The Bertz CT molecular complexity index is 953. The molecule has 0 fully saturated rings. The van der Waals surface area contributed by atoms with E-state index in [0.29, 0.717) is 23.7 Å². The number of allylic oxidation sites excluding steroid dienone is 1. The van der Waals surface area contributed by atoms with Crippen molar-refractivity contribution in [1.82, 2.24) is 10.1 Å². The Balaban J connectivity index is 1.90. The second-order valence-electron chi connectivity index (χ2n) is 6.31. The highest BCUT2D eigenvalue weighted by molar-refractivity contribution is 5.78.